The highest BCUT2D eigenvalue weighted by molar-refractivity contribution is 8.04. The third kappa shape index (κ3) is 1.06. The van der Waals surface area contributed by atoms with Crippen LogP contribution in [0.4, 0.5) is 0 Å². The molecule has 1 aliphatic rings. The number of hydrogen-bond donors (Lipinski definition) is 0. The minimum Gasteiger partial charge on any atom is -0.490 e. The lowest BCUT2D eigenvalue weighted by Crippen LogP contribution is -2.07. The van der Waals surface area contributed by atoms with Gasteiger partial charge in [-0.2, -0.15) is 0 Å². The molecule has 0 saturated carbocycles. The van der Waals surface area contributed by atoms with Crippen molar-refractivity contribution in [2.24, 2.45) is 0 Å². The second-order valence-corrected chi connectivity index (χ2v) is 3.55. The number of carbonyl (C=O) groups excluding carboxylic acids is 1. The maximum Gasteiger partial charge on any atom is 0.175 e. The van der Waals surface area contributed by atoms with Gasteiger partial charge in [-0.05, 0) is 13.8 Å². The zero-order valence-electron chi connectivity index (χ0n) is 6.30. The summed E-state index contributed by atoms with van der Waals surface area (Å²) in [5.41, 5.74) is 0.764. The lowest BCUT2D eigenvalue weighted by Gasteiger charge is -1.98. The molecule has 1 aliphatic heterocycles. The molecule has 3 heteroatoms. The fourth-order valence-electron chi connectivity index (χ4n) is 0.909. The van der Waals surface area contributed by atoms with Crippen molar-refractivity contribution in [2.75, 3.05) is 7.11 Å². The lowest BCUT2D eigenvalue weighted by atomic mass is 10.2. The molecule has 10 heavy (non-hydrogen) atoms. The second-order valence-electron chi connectivity index (χ2n) is 2.24. The van der Waals surface area contributed by atoms with Gasteiger partial charge in [-0.1, -0.05) is 11.8 Å². The van der Waals surface area contributed by atoms with Gasteiger partial charge in [0.05, 0.1) is 12.4 Å². The number of Topliss-reactive ketones (excluding diaryl/α,β-unsaturated/α-hetero) is 1. The summed E-state index contributed by atoms with van der Waals surface area (Å²) in [6.45, 7) is 3.69. The molecule has 0 N–H and O–H groups in total. The largest absolute Gasteiger partial charge is 0.490 e. The molecule has 0 spiro atoms. The van der Waals surface area contributed by atoms with Crippen molar-refractivity contribution in [1.82, 2.24) is 0 Å². The van der Waals surface area contributed by atoms with E-state index in [1.807, 2.05) is 6.92 Å². The lowest BCUT2D eigenvalue weighted by molar-refractivity contribution is -0.114. The van der Waals surface area contributed by atoms with Crippen LogP contribution >= 0.6 is 11.8 Å². The Labute approximate surface area is 64.6 Å². The summed E-state index contributed by atoms with van der Waals surface area (Å²) < 4.78 is 4.99. The zero-order valence-corrected chi connectivity index (χ0v) is 7.12. The number of allylic oxidation sites excluding steroid dienone is 1. The molecule has 0 aromatic carbocycles. The van der Waals surface area contributed by atoms with Gasteiger partial charge in [0, 0.05) is 5.57 Å². The maximum absolute atomic E-state index is 11.1. The number of carbonyl (C=O) groups is 1. The van der Waals surface area contributed by atoms with Gasteiger partial charge < -0.3 is 4.74 Å². The average Bonchev–Trinajstić information content (AvgIpc) is 2.17. The van der Waals surface area contributed by atoms with Crippen molar-refractivity contribution >= 4 is 17.5 Å². The first-order valence-electron chi connectivity index (χ1n) is 3.12. The molecule has 0 saturated heterocycles. The van der Waals surface area contributed by atoms with Gasteiger partial charge in [-0.3, -0.25) is 4.79 Å². The minimum absolute atomic E-state index is 0.0509. The molecule has 0 radical (unpaired) electrons. The third-order valence-electron chi connectivity index (χ3n) is 1.51. The van der Waals surface area contributed by atoms with E-state index in [0.29, 0.717) is 0 Å². The van der Waals surface area contributed by atoms with Gasteiger partial charge in [0.25, 0.3) is 0 Å². The van der Waals surface area contributed by atoms with E-state index in [1.165, 1.54) is 11.8 Å². The Hall–Kier alpha value is -0.440. The van der Waals surface area contributed by atoms with Gasteiger partial charge in [-0.25, -0.2) is 0 Å². The number of ether oxygens (including phenoxy) is 1. The Morgan fingerprint density at radius 3 is 2.40 bits per heavy atom. The van der Waals surface area contributed by atoms with Crippen LogP contribution in [0.1, 0.15) is 13.8 Å². The molecule has 0 aliphatic carbocycles. The Bertz CT molecular complexity index is 196. The number of rotatable bonds is 1. The predicted octanol–water partition coefficient (Wildman–Crippen LogP) is 1.57. The molecule has 1 atom stereocenters. The predicted molar refractivity (Wildman–Crippen MR) is 41.8 cm³/mol. The maximum atomic E-state index is 11.1. The van der Waals surface area contributed by atoms with Crippen LogP contribution in [0.15, 0.2) is 10.7 Å². The van der Waals surface area contributed by atoms with Crippen molar-refractivity contribution in [2.45, 2.75) is 19.1 Å². The van der Waals surface area contributed by atoms with Crippen molar-refractivity contribution in [1.29, 1.82) is 0 Å². The molecule has 0 fully saturated rings. The van der Waals surface area contributed by atoms with E-state index in [9.17, 15) is 4.79 Å². The fraction of sp³-hybridized carbons (Fsp3) is 0.571. The molecule has 56 valence electrons. The van der Waals surface area contributed by atoms with Gasteiger partial charge in [0.15, 0.2) is 10.9 Å². The van der Waals surface area contributed by atoms with Crippen molar-refractivity contribution in [3.8, 4) is 0 Å². The van der Waals surface area contributed by atoms with Crippen LogP contribution in [-0.4, -0.2) is 18.1 Å². The molecule has 0 aromatic rings. The molecule has 0 amide bonds. The Morgan fingerprint density at radius 1 is 1.60 bits per heavy atom. The van der Waals surface area contributed by atoms with Crippen LogP contribution < -0.4 is 0 Å². The second kappa shape index (κ2) is 2.66. The normalized spacial score (nSPS) is 25.9. The van der Waals surface area contributed by atoms with Crippen LogP contribution in [0.2, 0.25) is 0 Å². The van der Waals surface area contributed by atoms with Crippen LogP contribution in [0.3, 0.4) is 0 Å². The van der Waals surface area contributed by atoms with Crippen LogP contribution in [0, 0.1) is 0 Å². The summed E-state index contributed by atoms with van der Waals surface area (Å²) in [4.78, 5) is 11.1. The highest BCUT2D eigenvalue weighted by Crippen LogP contribution is 2.34. The van der Waals surface area contributed by atoms with Gasteiger partial charge in [-0.15, -0.1) is 0 Å². The van der Waals surface area contributed by atoms with Crippen molar-refractivity contribution in [3.05, 3.63) is 10.7 Å². The summed E-state index contributed by atoms with van der Waals surface area (Å²) in [5.74, 6) is 0.196. The van der Waals surface area contributed by atoms with E-state index in [0.717, 1.165) is 10.7 Å². The number of thioether (sulfide) groups is 1. The van der Waals surface area contributed by atoms with E-state index < -0.39 is 0 Å². The monoisotopic (exact) mass is 158 g/mol. The molecular formula is C7H10O2S. The first-order valence-corrected chi connectivity index (χ1v) is 4.00. The Kier molecular flexibility index (Phi) is 2.04. The van der Waals surface area contributed by atoms with E-state index >= 15 is 0 Å². The highest BCUT2D eigenvalue weighted by atomic mass is 32.2. The van der Waals surface area contributed by atoms with Crippen LogP contribution in [0.5, 0.6) is 0 Å². The summed E-state index contributed by atoms with van der Waals surface area (Å²) in [6.07, 6.45) is 0. The topological polar surface area (TPSA) is 26.3 Å². The number of hydrogen-bond acceptors (Lipinski definition) is 3. The highest BCUT2D eigenvalue weighted by Gasteiger charge is 2.28. The molecule has 0 aromatic heterocycles. The molecular weight excluding hydrogens is 148 g/mol. The van der Waals surface area contributed by atoms with Crippen LogP contribution in [0.25, 0.3) is 0 Å². The molecule has 1 heterocycles. The molecule has 1 rings (SSSR count). The smallest absolute Gasteiger partial charge is 0.175 e. The van der Waals surface area contributed by atoms with E-state index in [2.05, 4.69) is 0 Å². The van der Waals surface area contributed by atoms with Crippen molar-refractivity contribution in [3.63, 3.8) is 0 Å². The first-order chi connectivity index (χ1) is 4.66. The van der Waals surface area contributed by atoms with E-state index in [-0.39, 0.29) is 11.0 Å². The third-order valence-corrected chi connectivity index (χ3v) is 2.77. The average molecular weight is 158 g/mol. The Morgan fingerprint density at radius 2 is 2.20 bits per heavy atom. The quantitative estimate of drug-likeness (QED) is 0.579. The summed E-state index contributed by atoms with van der Waals surface area (Å²) in [7, 11) is 1.59. The molecule has 1 unspecified atom stereocenters. The van der Waals surface area contributed by atoms with E-state index in [1.54, 1.807) is 14.0 Å². The van der Waals surface area contributed by atoms with Crippen molar-refractivity contribution < 1.29 is 9.53 Å². The first kappa shape index (κ1) is 7.66. The van der Waals surface area contributed by atoms with Gasteiger partial charge >= 0.3 is 0 Å². The summed E-state index contributed by atoms with van der Waals surface area (Å²) in [6, 6.07) is 0. The summed E-state index contributed by atoms with van der Waals surface area (Å²) >= 11 is 1.49. The fourth-order valence-corrected chi connectivity index (χ4v) is 1.89. The number of ketones is 1. The van der Waals surface area contributed by atoms with E-state index in [4.69, 9.17) is 4.74 Å². The molecule has 2 nitrogen and oxygen atoms in total. The Balaban J connectivity index is 2.83. The summed E-state index contributed by atoms with van der Waals surface area (Å²) in [5, 5.41) is 0.826. The zero-order chi connectivity index (χ0) is 7.72. The number of methoxy groups -OCH3 is 1. The minimum atomic E-state index is 0.0509. The molecule has 0 bridgehead atoms. The van der Waals surface area contributed by atoms with Gasteiger partial charge in [0.2, 0.25) is 0 Å². The standard InChI is InChI=1S/C7H10O2S/c1-4-6(8)5(2)10-7(4)9-3/h5H,1-3H3. The van der Waals surface area contributed by atoms with Crippen LogP contribution in [-0.2, 0) is 9.53 Å². The van der Waals surface area contributed by atoms with Gasteiger partial charge in [0.1, 0.15) is 0 Å². The SMILES string of the molecule is COC1=C(C)C(=O)C(C)S1.